The lowest BCUT2D eigenvalue weighted by molar-refractivity contribution is 0.220. The first kappa shape index (κ1) is 18.3. The second-order valence-corrected chi connectivity index (χ2v) is 9.01. The molecule has 30 heavy (non-hydrogen) atoms. The van der Waals surface area contributed by atoms with Crippen molar-refractivity contribution in [2.75, 3.05) is 26.2 Å². The Labute approximate surface area is 179 Å². The molecule has 160 valence electrons. The summed E-state index contributed by atoms with van der Waals surface area (Å²) in [6, 6.07) is 11.0. The maximum absolute atomic E-state index is 13.6. The van der Waals surface area contributed by atoms with E-state index >= 15 is 0 Å². The van der Waals surface area contributed by atoms with Crippen molar-refractivity contribution in [3.63, 3.8) is 0 Å². The van der Waals surface area contributed by atoms with Crippen LogP contribution in [0, 0.1) is 5.82 Å². The summed E-state index contributed by atoms with van der Waals surface area (Å²) in [5.41, 5.74) is 1.18. The number of piperidine rings is 1. The molecule has 4 rings (SSSR count). The third kappa shape index (κ3) is 4.99. The third-order valence-electron chi connectivity index (χ3n) is 5.14. The fourth-order valence-corrected chi connectivity index (χ4v) is 4.85. The maximum atomic E-state index is 13.6. The van der Waals surface area contributed by atoms with Gasteiger partial charge in [0.25, 0.3) is 10.0 Å². The Balaban J connectivity index is 1.34. The lowest BCUT2D eigenvalue weighted by Gasteiger charge is -2.26. The van der Waals surface area contributed by atoms with Crippen LogP contribution in [-0.4, -0.2) is 45.3 Å². The zero-order valence-corrected chi connectivity index (χ0v) is 17.4. The summed E-state index contributed by atoms with van der Waals surface area (Å²) in [7, 11) is -3.97. The predicted octanol–water partition coefficient (Wildman–Crippen LogP) is 3.32. The number of nitrogens with one attached hydrogen (secondary N) is 1. The van der Waals surface area contributed by atoms with Crippen LogP contribution < -0.4 is 10.1 Å². The summed E-state index contributed by atoms with van der Waals surface area (Å²) >= 11 is 0. The monoisotopic (exact) mass is 435 g/mol. The highest BCUT2D eigenvalue weighted by molar-refractivity contribution is 7.90. The molecule has 0 atom stereocenters. The number of benzene rings is 2. The molecule has 0 amide bonds. The van der Waals surface area contributed by atoms with Gasteiger partial charge in [-0.15, -0.1) is 4.40 Å². The van der Waals surface area contributed by atoms with Crippen LogP contribution in [0.25, 0.3) is 0 Å². The Bertz CT molecular complexity index is 1120. The Hall–Kier alpha value is -2.45. The number of rotatable bonds is 7. The van der Waals surface area contributed by atoms with Crippen molar-refractivity contribution in [1.29, 1.82) is 0 Å². The fourth-order valence-electron chi connectivity index (χ4n) is 3.70. The number of nitrogens with zero attached hydrogens (tertiary/aromatic N) is 2. The molecule has 0 spiro atoms. The molecule has 1 saturated heterocycles. The van der Waals surface area contributed by atoms with Crippen molar-refractivity contribution < 1.29 is 20.3 Å². The van der Waals surface area contributed by atoms with Gasteiger partial charge >= 0.3 is 0 Å². The number of likely N-dealkylation sites (tertiary alicyclic amines) is 1. The van der Waals surface area contributed by atoms with Gasteiger partial charge in [0.1, 0.15) is 22.3 Å². The van der Waals surface area contributed by atoms with Crippen LogP contribution in [0.3, 0.4) is 0 Å². The SMILES string of the molecule is [3H]C([3H])(CCOc1cccc(CN2CCCCC2)c1)NC1=NS(=O)(=O)c2ccc(F)cc21. The topological polar surface area (TPSA) is 71.0 Å². The number of ether oxygens (including phenoxy) is 1. The van der Waals surface area contributed by atoms with Crippen molar-refractivity contribution in [3.8, 4) is 5.75 Å². The number of sulfonamides is 1. The van der Waals surface area contributed by atoms with Crippen molar-refractivity contribution in [3.05, 3.63) is 59.4 Å². The van der Waals surface area contributed by atoms with Gasteiger partial charge in [-0.3, -0.25) is 4.90 Å². The fraction of sp³-hybridized carbons (Fsp3) is 0.409. The van der Waals surface area contributed by atoms with Gasteiger partial charge in [-0.2, -0.15) is 8.42 Å². The van der Waals surface area contributed by atoms with Crippen LogP contribution in [0.1, 0.15) is 39.6 Å². The average Bonchev–Trinajstić information content (AvgIpc) is 2.97. The minimum atomic E-state index is -3.97. The van der Waals surface area contributed by atoms with Crippen LogP contribution in [-0.2, 0) is 16.6 Å². The summed E-state index contributed by atoms with van der Waals surface area (Å²) in [5, 5.41) is 2.50. The molecule has 6 nitrogen and oxygen atoms in total. The van der Waals surface area contributed by atoms with Crippen LogP contribution >= 0.6 is 0 Å². The van der Waals surface area contributed by atoms with E-state index in [4.69, 9.17) is 7.48 Å². The van der Waals surface area contributed by atoms with Gasteiger partial charge in [0, 0.05) is 21.3 Å². The molecular weight excluding hydrogens is 405 g/mol. The smallest absolute Gasteiger partial charge is 0.285 e. The summed E-state index contributed by atoms with van der Waals surface area (Å²) in [5.74, 6) is -0.166. The molecule has 2 aromatic carbocycles. The van der Waals surface area contributed by atoms with Crippen molar-refractivity contribution >= 4 is 15.9 Å². The normalized spacial score (nSPS) is 19.4. The van der Waals surface area contributed by atoms with E-state index in [2.05, 4.69) is 20.7 Å². The maximum Gasteiger partial charge on any atom is 0.285 e. The highest BCUT2D eigenvalue weighted by atomic mass is 32.2. The van der Waals surface area contributed by atoms with Crippen LogP contribution in [0.4, 0.5) is 4.39 Å². The summed E-state index contributed by atoms with van der Waals surface area (Å²) in [6.07, 6.45) is 3.67. The number of hydrogen-bond donors (Lipinski definition) is 1. The van der Waals surface area contributed by atoms with Gasteiger partial charge in [0.15, 0.2) is 0 Å². The van der Waals surface area contributed by atoms with E-state index in [1.807, 2.05) is 18.2 Å². The van der Waals surface area contributed by atoms with Crippen LogP contribution in [0.15, 0.2) is 51.8 Å². The van der Waals surface area contributed by atoms with E-state index in [9.17, 15) is 12.8 Å². The van der Waals surface area contributed by atoms with Gasteiger partial charge in [0.05, 0.1) is 6.61 Å². The molecular formula is C22H26FN3O3S. The van der Waals surface area contributed by atoms with E-state index in [1.165, 1.54) is 19.3 Å². The highest BCUT2D eigenvalue weighted by Crippen LogP contribution is 2.26. The van der Waals surface area contributed by atoms with Gasteiger partial charge in [-0.05, 0) is 68.2 Å². The average molecular weight is 436 g/mol. The van der Waals surface area contributed by atoms with E-state index in [1.54, 1.807) is 0 Å². The minimum absolute atomic E-state index is 0.0280. The number of hydrogen-bond acceptors (Lipinski definition) is 5. The molecule has 1 fully saturated rings. The lowest BCUT2D eigenvalue weighted by atomic mass is 10.1. The quantitative estimate of drug-likeness (QED) is 0.723. The van der Waals surface area contributed by atoms with Crippen molar-refractivity contribution in [1.82, 2.24) is 10.2 Å². The van der Waals surface area contributed by atoms with Crippen LogP contribution in [0.5, 0.6) is 5.75 Å². The standard InChI is InChI=1S/C22H26FN3O3S/c23-18-8-9-21-20(15-18)22(25-30(21,27)28)24-10-5-13-29-19-7-4-6-17(14-19)16-26-11-2-1-3-12-26/h4,6-9,14-15H,1-3,5,10-13,16H2,(H,24,25)/i10T2. The molecule has 2 aliphatic rings. The van der Waals surface area contributed by atoms with Crippen molar-refractivity contribution in [2.45, 2.75) is 37.1 Å². The first-order valence-electron chi connectivity index (χ1n) is 11.1. The highest BCUT2D eigenvalue weighted by Gasteiger charge is 2.29. The summed E-state index contributed by atoms with van der Waals surface area (Å²) < 4.78 is 63.6. The van der Waals surface area contributed by atoms with E-state index in [-0.39, 0.29) is 29.3 Å². The summed E-state index contributed by atoms with van der Waals surface area (Å²) in [4.78, 5) is 2.28. The predicted molar refractivity (Wildman–Crippen MR) is 114 cm³/mol. The Morgan fingerprint density at radius 1 is 1.17 bits per heavy atom. The molecule has 0 unspecified atom stereocenters. The van der Waals surface area contributed by atoms with Gasteiger partial charge in [-0.1, -0.05) is 18.6 Å². The molecule has 0 saturated carbocycles. The van der Waals surface area contributed by atoms with Gasteiger partial charge in [0.2, 0.25) is 0 Å². The Kier molecular flexibility index (Phi) is 5.58. The Morgan fingerprint density at radius 2 is 2.00 bits per heavy atom. The number of halogens is 1. The first-order valence-corrected chi connectivity index (χ1v) is 11.5. The summed E-state index contributed by atoms with van der Waals surface area (Å²) in [6.45, 7) is 1.13. The Morgan fingerprint density at radius 3 is 2.83 bits per heavy atom. The molecule has 0 bridgehead atoms. The molecule has 2 aromatic rings. The molecule has 2 aliphatic heterocycles. The number of amidine groups is 1. The zero-order chi connectivity index (χ0) is 22.8. The molecule has 0 aliphatic carbocycles. The van der Waals surface area contributed by atoms with E-state index < -0.39 is 22.3 Å². The molecule has 2 heterocycles. The lowest BCUT2D eigenvalue weighted by Crippen LogP contribution is -2.29. The van der Waals surface area contributed by atoms with Gasteiger partial charge < -0.3 is 10.1 Å². The molecule has 0 aromatic heterocycles. The minimum Gasteiger partial charge on any atom is -0.494 e. The van der Waals surface area contributed by atoms with Crippen molar-refractivity contribution in [2.24, 2.45) is 4.40 Å². The molecule has 0 radical (unpaired) electrons. The largest absolute Gasteiger partial charge is 0.494 e. The van der Waals surface area contributed by atoms with Gasteiger partial charge in [-0.25, -0.2) is 4.39 Å². The van der Waals surface area contributed by atoms with E-state index in [0.29, 0.717) is 5.75 Å². The zero-order valence-electron chi connectivity index (χ0n) is 18.6. The molecule has 8 heteroatoms. The van der Waals surface area contributed by atoms with E-state index in [0.717, 1.165) is 43.4 Å². The second kappa shape index (κ2) is 9.14. The third-order valence-corrected chi connectivity index (χ3v) is 6.48. The second-order valence-electron chi connectivity index (χ2n) is 7.44. The van der Waals surface area contributed by atoms with Crippen LogP contribution in [0.2, 0.25) is 0 Å². The first-order chi connectivity index (χ1) is 15.2. The number of fused-ring (bicyclic) bond motifs is 1. The molecule has 1 N–H and O–H groups in total.